The topological polar surface area (TPSA) is 66.4 Å². The lowest BCUT2D eigenvalue weighted by Gasteiger charge is -2.37. The van der Waals surface area contributed by atoms with Gasteiger partial charge in [0.05, 0.1) is 5.56 Å². The number of carbonyl (C=O) groups is 2. The van der Waals surface area contributed by atoms with Gasteiger partial charge in [-0.3, -0.25) is 4.79 Å². The summed E-state index contributed by atoms with van der Waals surface area (Å²) < 4.78 is 26.8. The van der Waals surface area contributed by atoms with E-state index in [0.717, 1.165) is 24.6 Å². The first-order chi connectivity index (χ1) is 10.4. The Labute approximate surface area is 127 Å². The van der Waals surface area contributed by atoms with Crippen LogP contribution in [-0.2, 0) is 4.79 Å². The molecule has 1 fully saturated rings. The third-order valence-electron chi connectivity index (χ3n) is 4.47. The Balaban J connectivity index is 2.20. The van der Waals surface area contributed by atoms with Crippen LogP contribution in [0.15, 0.2) is 18.2 Å². The van der Waals surface area contributed by atoms with Gasteiger partial charge >= 0.3 is 5.97 Å². The average molecular weight is 311 g/mol. The van der Waals surface area contributed by atoms with Crippen LogP contribution in [0, 0.1) is 17.6 Å². The molecule has 2 N–H and O–H groups in total. The fraction of sp³-hybridized carbons (Fsp3) is 0.500. The minimum absolute atomic E-state index is 0.295. The first-order valence-corrected chi connectivity index (χ1v) is 7.39. The van der Waals surface area contributed by atoms with Crippen LogP contribution in [0.2, 0.25) is 0 Å². The predicted molar refractivity (Wildman–Crippen MR) is 76.4 cm³/mol. The molecule has 0 unspecified atom stereocenters. The molecule has 0 atom stereocenters. The Morgan fingerprint density at radius 3 is 2.50 bits per heavy atom. The molecule has 0 heterocycles. The first kappa shape index (κ1) is 16.4. The number of nitrogens with one attached hydrogen (secondary N) is 1. The zero-order chi connectivity index (χ0) is 16.3. The van der Waals surface area contributed by atoms with Crippen LogP contribution in [0.5, 0.6) is 0 Å². The number of amides is 1. The molecule has 4 nitrogen and oxygen atoms in total. The van der Waals surface area contributed by atoms with Gasteiger partial charge in [-0.25, -0.2) is 13.6 Å². The van der Waals surface area contributed by atoms with Gasteiger partial charge in [0.2, 0.25) is 0 Å². The molecule has 1 aromatic carbocycles. The first-order valence-electron chi connectivity index (χ1n) is 7.39. The van der Waals surface area contributed by atoms with E-state index in [-0.39, 0.29) is 0 Å². The SMILES string of the molecule is CCC1CCC(NC(=O)c2cc(F)ccc2F)(C(=O)O)CC1. The number of hydrogen-bond acceptors (Lipinski definition) is 2. The molecule has 120 valence electrons. The Morgan fingerprint density at radius 2 is 1.95 bits per heavy atom. The lowest BCUT2D eigenvalue weighted by molar-refractivity contribution is -0.146. The van der Waals surface area contributed by atoms with Crippen molar-refractivity contribution in [1.82, 2.24) is 5.32 Å². The Morgan fingerprint density at radius 1 is 1.32 bits per heavy atom. The second-order valence-corrected chi connectivity index (χ2v) is 5.82. The Bertz CT molecular complexity index is 581. The second-order valence-electron chi connectivity index (χ2n) is 5.82. The summed E-state index contributed by atoms with van der Waals surface area (Å²) in [7, 11) is 0. The number of hydrogen-bond donors (Lipinski definition) is 2. The highest BCUT2D eigenvalue weighted by molar-refractivity contribution is 5.98. The van der Waals surface area contributed by atoms with Crippen molar-refractivity contribution in [3.8, 4) is 0 Å². The second kappa shape index (κ2) is 6.42. The third kappa shape index (κ3) is 3.26. The van der Waals surface area contributed by atoms with Crippen molar-refractivity contribution in [2.24, 2.45) is 5.92 Å². The number of aliphatic carboxylic acids is 1. The van der Waals surface area contributed by atoms with Crippen molar-refractivity contribution in [2.45, 2.75) is 44.6 Å². The molecule has 1 amide bonds. The molecule has 6 heteroatoms. The molecular weight excluding hydrogens is 292 g/mol. The maximum atomic E-state index is 13.6. The lowest BCUT2D eigenvalue weighted by Crippen LogP contribution is -2.56. The minimum Gasteiger partial charge on any atom is -0.480 e. The quantitative estimate of drug-likeness (QED) is 0.898. The van der Waals surface area contributed by atoms with E-state index in [0.29, 0.717) is 31.6 Å². The maximum absolute atomic E-state index is 13.6. The highest BCUT2D eigenvalue weighted by Crippen LogP contribution is 2.34. The number of halogens is 2. The molecule has 0 radical (unpaired) electrons. The van der Waals surface area contributed by atoms with Crippen LogP contribution in [-0.4, -0.2) is 22.5 Å². The molecule has 0 saturated heterocycles. The summed E-state index contributed by atoms with van der Waals surface area (Å²) in [5.41, 5.74) is -1.88. The molecule has 22 heavy (non-hydrogen) atoms. The van der Waals surface area contributed by atoms with Crippen molar-refractivity contribution in [3.63, 3.8) is 0 Å². The molecule has 0 aromatic heterocycles. The number of benzene rings is 1. The van der Waals surface area contributed by atoms with Crippen LogP contribution in [0.1, 0.15) is 49.4 Å². The summed E-state index contributed by atoms with van der Waals surface area (Å²) >= 11 is 0. The van der Waals surface area contributed by atoms with Gasteiger partial charge in [-0.2, -0.15) is 0 Å². The Hall–Kier alpha value is -1.98. The van der Waals surface area contributed by atoms with E-state index in [2.05, 4.69) is 5.32 Å². The van der Waals surface area contributed by atoms with Crippen LogP contribution in [0.4, 0.5) is 8.78 Å². The molecular formula is C16H19F2NO3. The van der Waals surface area contributed by atoms with Crippen molar-refractivity contribution >= 4 is 11.9 Å². The molecule has 1 aromatic rings. The molecule has 0 aliphatic heterocycles. The molecule has 1 aliphatic carbocycles. The van der Waals surface area contributed by atoms with E-state index in [9.17, 15) is 23.5 Å². The van der Waals surface area contributed by atoms with Gasteiger partial charge in [0.1, 0.15) is 17.2 Å². The zero-order valence-corrected chi connectivity index (χ0v) is 12.4. The van der Waals surface area contributed by atoms with Crippen molar-refractivity contribution in [1.29, 1.82) is 0 Å². The average Bonchev–Trinajstić information content (AvgIpc) is 2.50. The fourth-order valence-electron chi connectivity index (χ4n) is 2.93. The van der Waals surface area contributed by atoms with Crippen LogP contribution in [0.3, 0.4) is 0 Å². The zero-order valence-electron chi connectivity index (χ0n) is 12.4. The van der Waals surface area contributed by atoms with Gasteiger partial charge in [0.15, 0.2) is 0 Å². The normalized spacial score (nSPS) is 24.8. The molecule has 0 bridgehead atoms. The monoisotopic (exact) mass is 311 g/mol. The van der Waals surface area contributed by atoms with Gasteiger partial charge in [-0.1, -0.05) is 13.3 Å². The van der Waals surface area contributed by atoms with Gasteiger partial charge < -0.3 is 10.4 Å². The number of rotatable bonds is 4. The fourth-order valence-corrected chi connectivity index (χ4v) is 2.93. The molecule has 2 rings (SSSR count). The summed E-state index contributed by atoms with van der Waals surface area (Å²) in [6.45, 7) is 2.04. The van der Waals surface area contributed by atoms with E-state index in [1.165, 1.54) is 0 Å². The van der Waals surface area contributed by atoms with Gasteiger partial charge in [0, 0.05) is 0 Å². The molecule has 0 spiro atoms. The standard InChI is InChI=1S/C16H19F2NO3/c1-2-10-5-7-16(8-6-10,15(21)22)19-14(20)12-9-11(17)3-4-13(12)18/h3-4,9-10H,2,5-8H2,1H3,(H,19,20)(H,21,22). The minimum atomic E-state index is -1.40. The lowest BCUT2D eigenvalue weighted by atomic mass is 9.75. The molecule has 1 aliphatic rings. The van der Waals surface area contributed by atoms with Crippen LogP contribution in [0.25, 0.3) is 0 Å². The smallest absolute Gasteiger partial charge is 0.329 e. The van der Waals surface area contributed by atoms with Gasteiger partial charge in [0.25, 0.3) is 5.91 Å². The van der Waals surface area contributed by atoms with Crippen molar-refractivity contribution < 1.29 is 23.5 Å². The van der Waals surface area contributed by atoms with Crippen LogP contribution < -0.4 is 5.32 Å². The van der Waals surface area contributed by atoms with Crippen molar-refractivity contribution in [3.05, 3.63) is 35.4 Å². The largest absolute Gasteiger partial charge is 0.480 e. The summed E-state index contributed by atoms with van der Waals surface area (Å²) in [5, 5.41) is 11.9. The molecule has 1 saturated carbocycles. The number of carboxylic acid groups (broad SMARTS) is 1. The summed E-state index contributed by atoms with van der Waals surface area (Å²) in [6, 6.07) is 2.54. The highest BCUT2D eigenvalue weighted by Gasteiger charge is 2.43. The Kier molecular flexibility index (Phi) is 4.78. The number of carbonyl (C=O) groups excluding carboxylic acids is 1. The predicted octanol–water partition coefficient (Wildman–Crippen LogP) is 3.12. The summed E-state index contributed by atoms with van der Waals surface area (Å²) in [6.07, 6.45) is 2.93. The van der Waals surface area contributed by atoms with Crippen molar-refractivity contribution in [2.75, 3.05) is 0 Å². The summed E-state index contributed by atoms with van der Waals surface area (Å²) in [5.74, 6) is -3.20. The maximum Gasteiger partial charge on any atom is 0.329 e. The number of carboxylic acids is 1. The van der Waals surface area contributed by atoms with E-state index < -0.39 is 34.6 Å². The van der Waals surface area contributed by atoms with Crippen LogP contribution >= 0.6 is 0 Å². The van der Waals surface area contributed by atoms with Gasteiger partial charge in [-0.05, 0) is 49.8 Å². The highest BCUT2D eigenvalue weighted by atomic mass is 19.1. The third-order valence-corrected chi connectivity index (χ3v) is 4.47. The van der Waals surface area contributed by atoms with E-state index >= 15 is 0 Å². The summed E-state index contributed by atoms with van der Waals surface area (Å²) in [4.78, 5) is 23.8. The van der Waals surface area contributed by atoms with E-state index in [1.54, 1.807) is 0 Å². The van der Waals surface area contributed by atoms with E-state index in [4.69, 9.17) is 0 Å². The van der Waals surface area contributed by atoms with Gasteiger partial charge in [-0.15, -0.1) is 0 Å². The van der Waals surface area contributed by atoms with E-state index in [1.807, 2.05) is 6.92 Å².